The maximum Gasteiger partial charge on any atom is 0.422 e. The van der Waals surface area contributed by atoms with Gasteiger partial charge in [-0.2, -0.15) is 13.2 Å². The predicted molar refractivity (Wildman–Crippen MR) is 77.8 cm³/mol. The first-order chi connectivity index (χ1) is 10.9. The summed E-state index contributed by atoms with van der Waals surface area (Å²) >= 11 is 1.30. The van der Waals surface area contributed by atoms with E-state index in [0.29, 0.717) is 11.3 Å². The molecular formula is C14H13F3N2O3S. The molecular weight excluding hydrogens is 333 g/mol. The van der Waals surface area contributed by atoms with Gasteiger partial charge in [0.1, 0.15) is 5.69 Å². The van der Waals surface area contributed by atoms with Crippen LogP contribution in [0, 0.1) is 0 Å². The third-order valence-electron chi connectivity index (χ3n) is 2.74. The van der Waals surface area contributed by atoms with Gasteiger partial charge in [0.25, 0.3) is 5.91 Å². The molecule has 0 unspecified atom stereocenters. The summed E-state index contributed by atoms with van der Waals surface area (Å²) in [5, 5.41) is 4.27. The molecule has 0 spiro atoms. The van der Waals surface area contributed by atoms with Crippen molar-refractivity contribution >= 4 is 17.2 Å². The zero-order valence-electron chi connectivity index (χ0n) is 12.0. The van der Waals surface area contributed by atoms with Gasteiger partial charge in [0.15, 0.2) is 18.1 Å². The second kappa shape index (κ2) is 7.32. The van der Waals surface area contributed by atoms with Crippen molar-refractivity contribution < 1.29 is 27.4 Å². The van der Waals surface area contributed by atoms with E-state index < -0.39 is 12.8 Å². The van der Waals surface area contributed by atoms with Crippen molar-refractivity contribution in [3.8, 4) is 11.5 Å². The van der Waals surface area contributed by atoms with Crippen molar-refractivity contribution in [1.29, 1.82) is 0 Å². The first-order valence-corrected chi connectivity index (χ1v) is 7.36. The summed E-state index contributed by atoms with van der Waals surface area (Å²) in [5.41, 5.74) is 2.52. The highest BCUT2D eigenvalue weighted by molar-refractivity contribution is 7.07. The van der Waals surface area contributed by atoms with Crippen LogP contribution in [0.25, 0.3) is 0 Å². The average Bonchev–Trinajstić information content (AvgIpc) is 3.04. The number of benzene rings is 1. The van der Waals surface area contributed by atoms with Crippen LogP contribution in [0.2, 0.25) is 0 Å². The van der Waals surface area contributed by atoms with E-state index in [4.69, 9.17) is 4.74 Å². The normalized spacial score (nSPS) is 11.1. The van der Waals surface area contributed by atoms with Gasteiger partial charge in [-0.25, -0.2) is 4.98 Å². The molecule has 9 heteroatoms. The molecule has 0 aliphatic rings. The van der Waals surface area contributed by atoms with Gasteiger partial charge in [-0.3, -0.25) is 4.79 Å². The Balaban J connectivity index is 1.99. The van der Waals surface area contributed by atoms with Crippen molar-refractivity contribution in [3.63, 3.8) is 0 Å². The van der Waals surface area contributed by atoms with Gasteiger partial charge < -0.3 is 14.8 Å². The molecule has 5 nitrogen and oxygen atoms in total. The van der Waals surface area contributed by atoms with Crippen LogP contribution in [0.5, 0.6) is 11.5 Å². The zero-order valence-corrected chi connectivity index (χ0v) is 12.8. The maximum absolute atomic E-state index is 12.2. The summed E-state index contributed by atoms with van der Waals surface area (Å²) < 4.78 is 46.2. The van der Waals surface area contributed by atoms with Gasteiger partial charge in [0.05, 0.1) is 12.6 Å². The molecule has 0 aliphatic carbocycles. The number of carbonyl (C=O) groups excluding carboxylic acids is 1. The number of ether oxygens (including phenoxy) is 2. The summed E-state index contributed by atoms with van der Waals surface area (Å²) in [7, 11) is 1.33. The number of nitrogens with zero attached hydrogens (tertiary/aromatic N) is 1. The first kappa shape index (κ1) is 17.1. The van der Waals surface area contributed by atoms with Crippen LogP contribution in [0.4, 0.5) is 13.2 Å². The van der Waals surface area contributed by atoms with E-state index in [-0.39, 0.29) is 24.0 Å². The number of alkyl halides is 3. The number of nitrogens with one attached hydrogen (secondary N) is 1. The number of hydrogen-bond donors (Lipinski definition) is 1. The maximum atomic E-state index is 12.2. The molecule has 0 fully saturated rings. The molecule has 23 heavy (non-hydrogen) atoms. The number of hydrogen-bond acceptors (Lipinski definition) is 5. The molecule has 0 bridgehead atoms. The van der Waals surface area contributed by atoms with Crippen molar-refractivity contribution in [2.45, 2.75) is 12.7 Å². The summed E-state index contributed by atoms with van der Waals surface area (Å²) in [6.45, 7) is -1.21. The van der Waals surface area contributed by atoms with Crippen LogP contribution in [-0.2, 0) is 6.54 Å². The minimum Gasteiger partial charge on any atom is -0.493 e. The van der Waals surface area contributed by atoms with E-state index in [9.17, 15) is 18.0 Å². The van der Waals surface area contributed by atoms with Crippen LogP contribution in [-0.4, -0.2) is 30.8 Å². The zero-order chi connectivity index (χ0) is 16.9. The van der Waals surface area contributed by atoms with Crippen molar-refractivity contribution in [2.24, 2.45) is 0 Å². The van der Waals surface area contributed by atoms with E-state index in [2.05, 4.69) is 15.0 Å². The summed E-state index contributed by atoms with van der Waals surface area (Å²) in [6.07, 6.45) is -4.43. The van der Waals surface area contributed by atoms with Gasteiger partial charge in [0.2, 0.25) is 0 Å². The molecule has 0 saturated carbocycles. The second-order valence-electron chi connectivity index (χ2n) is 4.45. The smallest absolute Gasteiger partial charge is 0.422 e. The number of methoxy groups -OCH3 is 1. The molecule has 1 N–H and O–H groups in total. The molecule has 124 valence electrons. The molecule has 1 heterocycles. The number of aromatic nitrogens is 1. The minimum atomic E-state index is -4.43. The Hall–Kier alpha value is -2.29. The molecule has 2 aromatic rings. The standard InChI is InChI=1S/C14H13F3N2O3S/c1-21-12-4-9(2-3-11(12)22-7-14(15,16)17)5-18-13(20)10-6-23-8-19-10/h2-4,6,8H,5,7H2,1H3,(H,18,20). The van der Waals surface area contributed by atoms with Crippen molar-refractivity contribution in [1.82, 2.24) is 10.3 Å². The SMILES string of the molecule is COc1cc(CNC(=O)c2cscn2)ccc1OCC(F)(F)F. The largest absolute Gasteiger partial charge is 0.493 e. The van der Waals surface area contributed by atoms with Gasteiger partial charge in [0, 0.05) is 11.9 Å². The second-order valence-corrected chi connectivity index (χ2v) is 5.16. The lowest BCUT2D eigenvalue weighted by atomic mass is 10.2. The lowest BCUT2D eigenvalue weighted by molar-refractivity contribution is -0.153. The van der Waals surface area contributed by atoms with Crippen molar-refractivity contribution in [2.75, 3.05) is 13.7 Å². The monoisotopic (exact) mass is 346 g/mol. The van der Waals surface area contributed by atoms with Crippen LogP contribution in [0.3, 0.4) is 0 Å². The van der Waals surface area contributed by atoms with Crippen LogP contribution in [0.1, 0.15) is 16.1 Å². The Morgan fingerprint density at radius 2 is 2.13 bits per heavy atom. The third kappa shape index (κ3) is 5.13. The van der Waals surface area contributed by atoms with Gasteiger partial charge in [-0.1, -0.05) is 6.07 Å². The van der Waals surface area contributed by atoms with Crippen LogP contribution < -0.4 is 14.8 Å². The fraction of sp³-hybridized carbons (Fsp3) is 0.286. The van der Waals surface area contributed by atoms with Crippen molar-refractivity contribution in [3.05, 3.63) is 40.3 Å². The molecule has 2 rings (SSSR count). The topological polar surface area (TPSA) is 60.5 Å². The molecule has 1 aromatic carbocycles. The van der Waals surface area contributed by atoms with Crippen LogP contribution >= 0.6 is 11.3 Å². The van der Waals surface area contributed by atoms with E-state index in [1.165, 1.54) is 30.6 Å². The number of rotatable bonds is 6. The first-order valence-electron chi connectivity index (χ1n) is 6.42. The Morgan fingerprint density at radius 1 is 1.35 bits per heavy atom. The minimum absolute atomic E-state index is 0.0144. The number of carbonyl (C=O) groups is 1. The quantitative estimate of drug-likeness (QED) is 0.873. The van der Waals surface area contributed by atoms with Crippen LogP contribution in [0.15, 0.2) is 29.1 Å². The fourth-order valence-electron chi connectivity index (χ4n) is 1.70. The highest BCUT2D eigenvalue weighted by Gasteiger charge is 2.29. The third-order valence-corrected chi connectivity index (χ3v) is 3.32. The summed E-state index contributed by atoms with van der Waals surface area (Å²) in [5.74, 6) is -0.184. The predicted octanol–water partition coefficient (Wildman–Crippen LogP) is 3.02. The molecule has 1 aromatic heterocycles. The molecule has 0 atom stereocenters. The highest BCUT2D eigenvalue weighted by atomic mass is 32.1. The lowest BCUT2D eigenvalue weighted by Crippen LogP contribution is -2.23. The Bertz CT molecular complexity index is 660. The number of amides is 1. The van der Waals surface area contributed by atoms with Gasteiger partial charge >= 0.3 is 6.18 Å². The number of thiazole rings is 1. The molecule has 0 aliphatic heterocycles. The van der Waals surface area contributed by atoms with E-state index in [0.717, 1.165) is 0 Å². The average molecular weight is 346 g/mol. The van der Waals surface area contributed by atoms with Gasteiger partial charge in [-0.05, 0) is 17.7 Å². The Kier molecular flexibility index (Phi) is 5.43. The van der Waals surface area contributed by atoms with Gasteiger partial charge in [-0.15, -0.1) is 11.3 Å². The fourth-order valence-corrected chi connectivity index (χ4v) is 2.23. The molecule has 1 amide bonds. The van der Waals surface area contributed by atoms with E-state index in [1.807, 2.05) is 0 Å². The molecule has 0 radical (unpaired) electrons. The Labute approximate surface area is 134 Å². The summed E-state index contributed by atoms with van der Waals surface area (Å²) in [6, 6.07) is 4.43. The molecule has 0 saturated heterocycles. The van der Waals surface area contributed by atoms with E-state index >= 15 is 0 Å². The Morgan fingerprint density at radius 3 is 2.74 bits per heavy atom. The van der Waals surface area contributed by atoms with E-state index in [1.54, 1.807) is 17.0 Å². The summed E-state index contributed by atoms with van der Waals surface area (Å²) in [4.78, 5) is 15.6. The highest BCUT2D eigenvalue weighted by Crippen LogP contribution is 2.29. The lowest BCUT2D eigenvalue weighted by Gasteiger charge is -2.13. The number of halogens is 3.